The Morgan fingerprint density at radius 3 is 2.26 bits per heavy atom. The molecule has 4 aromatic rings. The first-order chi connectivity index (χ1) is 18.3. The van der Waals surface area contributed by atoms with Gasteiger partial charge in [0.15, 0.2) is 0 Å². The molecule has 0 spiro atoms. The van der Waals surface area contributed by atoms with Crippen molar-refractivity contribution in [1.29, 1.82) is 0 Å². The maximum absolute atomic E-state index is 13.0. The fourth-order valence-electron chi connectivity index (χ4n) is 4.59. The number of methoxy groups -OCH3 is 1. The van der Waals surface area contributed by atoms with E-state index in [1.807, 2.05) is 99.6 Å². The average molecular weight is 511 g/mol. The van der Waals surface area contributed by atoms with Gasteiger partial charge in [0.2, 0.25) is 5.95 Å². The number of para-hydroxylation sites is 1. The lowest BCUT2D eigenvalue weighted by Crippen LogP contribution is -2.34. The zero-order valence-electron chi connectivity index (χ0n) is 21.8. The molecule has 0 unspecified atom stereocenters. The SMILES string of the molecule is COc1ccc([C@H]2N(c3ccnc(N[C@@H](C)c4ccc(Oc5ccccc5)cc4)n3)C(=O)OC2(C)C)cc1. The van der Waals surface area contributed by atoms with Gasteiger partial charge in [0.05, 0.1) is 13.2 Å². The van der Waals surface area contributed by atoms with Crippen molar-refractivity contribution in [2.75, 3.05) is 17.3 Å². The number of amides is 1. The maximum Gasteiger partial charge on any atom is 0.416 e. The van der Waals surface area contributed by atoms with Crippen LogP contribution >= 0.6 is 0 Å². The second kappa shape index (κ2) is 10.4. The normalized spacial score (nSPS) is 17.0. The largest absolute Gasteiger partial charge is 0.497 e. The number of nitrogens with zero attached hydrogens (tertiary/aromatic N) is 3. The van der Waals surface area contributed by atoms with Crippen molar-refractivity contribution in [3.8, 4) is 17.2 Å². The second-order valence-corrected chi connectivity index (χ2v) is 9.61. The van der Waals surface area contributed by atoms with Crippen molar-refractivity contribution in [2.24, 2.45) is 0 Å². The van der Waals surface area contributed by atoms with Crippen molar-refractivity contribution in [1.82, 2.24) is 9.97 Å². The Kier molecular flexibility index (Phi) is 6.87. The predicted octanol–water partition coefficient (Wildman–Crippen LogP) is 6.93. The van der Waals surface area contributed by atoms with Crippen LogP contribution in [-0.2, 0) is 4.74 Å². The number of hydrogen-bond donors (Lipinski definition) is 1. The number of ether oxygens (including phenoxy) is 3. The predicted molar refractivity (Wildman–Crippen MR) is 146 cm³/mol. The topological polar surface area (TPSA) is 85.8 Å². The Labute approximate surface area is 222 Å². The Bertz CT molecular complexity index is 1390. The molecule has 2 atom stereocenters. The molecular weight excluding hydrogens is 480 g/mol. The minimum atomic E-state index is -0.763. The summed E-state index contributed by atoms with van der Waals surface area (Å²) in [6.07, 6.45) is 1.18. The molecule has 8 heteroatoms. The number of rotatable bonds is 8. The highest BCUT2D eigenvalue weighted by atomic mass is 16.6. The summed E-state index contributed by atoms with van der Waals surface area (Å²) in [5, 5.41) is 3.34. The lowest BCUT2D eigenvalue weighted by molar-refractivity contribution is 0.0685. The molecule has 1 N–H and O–H groups in total. The zero-order chi connectivity index (χ0) is 26.7. The fraction of sp³-hybridized carbons (Fsp3) is 0.233. The van der Waals surface area contributed by atoms with Crippen LogP contribution in [0.3, 0.4) is 0 Å². The maximum atomic E-state index is 13.0. The molecular formula is C30H30N4O4. The summed E-state index contributed by atoms with van der Waals surface area (Å²) in [4.78, 5) is 23.6. The van der Waals surface area contributed by atoms with Crippen molar-refractivity contribution in [3.63, 3.8) is 0 Å². The molecule has 0 saturated carbocycles. The number of cyclic esters (lactones) is 1. The summed E-state index contributed by atoms with van der Waals surface area (Å²) in [7, 11) is 1.62. The van der Waals surface area contributed by atoms with Crippen LogP contribution in [0.1, 0.15) is 44.0 Å². The van der Waals surface area contributed by atoms with Gasteiger partial charge >= 0.3 is 6.09 Å². The van der Waals surface area contributed by atoms with Crippen LogP contribution in [-0.4, -0.2) is 28.8 Å². The van der Waals surface area contributed by atoms with Gasteiger partial charge in [-0.2, -0.15) is 4.98 Å². The van der Waals surface area contributed by atoms with E-state index in [0.717, 1.165) is 28.4 Å². The molecule has 1 aromatic heterocycles. The van der Waals surface area contributed by atoms with Crippen molar-refractivity contribution in [2.45, 2.75) is 38.5 Å². The van der Waals surface area contributed by atoms with E-state index in [-0.39, 0.29) is 12.1 Å². The van der Waals surface area contributed by atoms with Gasteiger partial charge < -0.3 is 19.5 Å². The number of nitrogens with one attached hydrogen (secondary N) is 1. The number of hydrogen-bond acceptors (Lipinski definition) is 7. The van der Waals surface area contributed by atoms with Crippen LogP contribution in [0, 0.1) is 0 Å². The number of anilines is 2. The zero-order valence-corrected chi connectivity index (χ0v) is 21.8. The fourth-order valence-corrected chi connectivity index (χ4v) is 4.59. The number of carbonyl (C=O) groups excluding carboxylic acids is 1. The minimum absolute atomic E-state index is 0.0876. The first kappa shape index (κ1) is 25.1. The van der Waals surface area contributed by atoms with E-state index < -0.39 is 11.7 Å². The van der Waals surface area contributed by atoms with Crippen LogP contribution in [0.5, 0.6) is 17.2 Å². The van der Waals surface area contributed by atoms with Crippen molar-refractivity contribution < 1.29 is 19.0 Å². The smallest absolute Gasteiger partial charge is 0.416 e. The Morgan fingerprint density at radius 1 is 0.921 bits per heavy atom. The summed E-state index contributed by atoms with van der Waals surface area (Å²) in [6, 6.07) is 26.4. The van der Waals surface area contributed by atoms with E-state index in [0.29, 0.717) is 11.8 Å². The van der Waals surface area contributed by atoms with E-state index in [9.17, 15) is 4.79 Å². The summed E-state index contributed by atoms with van der Waals surface area (Å²) in [5.74, 6) is 3.15. The monoisotopic (exact) mass is 510 g/mol. The Morgan fingerprint density at radius 2 is 1.58 bits per heavy atom. The van der Waals surface area contributed by atoms with Gasteiger partial charge in [0, 0.05) is 6.20 Å². The molecule has 0 bridgehead atoms. The highest BCUT2D eigenvalue weighted by Gasteiger charge is 2.50. The third-order valence-corrected chi connectivity index (χ3v) is 6.49. The number of aromatic nitrogens is 2. The molecule has 2 heterocycles. The van der Waals surface area contributed by atoms with E-state index in [1.165, 1.54) is 0 Å². The van der Waals surface area contributed by atoms with Gasteiger partial charge in [0.25, 0.3) is 0 Å². The molecule has 1 aliphatic rings. The van der Waals surface area contributed by atoms with E-state index >= 15 is 0 Å². The molecule has 0 radical (unpaired) electrons. The Balaban J connectivity index is 1.34. The van der Waals surface area contributed by atoms with Crippen LogP contribution < -0.4 is 19.7 Å². The van der Waals surface area contributed by atoms with Crippen molar-refractivity contribution in [3.05, 3.63) is 102 Å². The molecule has 3 aromatic carbocycles. The molecule has 0 aliphatic carbocycles. The third-order valence-electron chi connectivity index (χ3n) is 6.49. The lowest BCUT2D eigenvalue weighted by atomic mass is 9.91. The molecule has 8 nitrogen and oxygen atoms in total. The highest BCUT2D eigenvalue weighted by molar-refractivity contribution is 5.90. The second-order valence-electron chi connectivity index (χ2n) is 9.61. The number of carbonyl (C=O) groups is 1. The van der Waals surface area contributed by atoms with Crippen LogP contribution in [0.25, 0.3) is 0 Å². The molecule has 1 amide bonds. The van der Waals surface area contributed by atoms with Gasteiger partial charge in [-0.1, -0.05) is 42.5 Å². The minimum Gasteiger partial charge on any atom is -0.497 e. The van der Waals surface area contributed by atoms with Gasteiger partial charge in [0.1, 0.15) is 34.7 Å². The third kappa shape index (κ3) is 5.25. The van der Waals surface area contributed by atoms with Gasteiger partial charge in [-0.15, -0.1) is 0 Å². The quantitative estimate of drug-likeness (QED) is 0.275. The average Bonchev–Trinajstić information content (AvgIpc) is 3.17. The van der Waals surface area contributed by atoms with Gasteiger partial charge in [-0.25, -0.2) is 14.7 Å². The molecule has 1 aliphatic heterocycles. The molecule has 194 valence electrons. The lowest BCUT2D eigenvalue weighted by Gasteiger charge is -2.29. The highest BCUT2D eigenvalue weighted by Crippen LogP contribution is 2.43. The van der Waals surface area contributed by atoms with Gasteiger partial charge in [-0.3, -0.25) is 0 Å². The summed E-state index contributed by atoms with van der Waals surface area (Å²) < 4.78 is 16.9. The van der Waals surface area contributed by atoms with Crippen LogP contribution in [0.2, 0.25) is 0 Å². The van der Waals surface area contributed by atoms with E-state index in [1.54, 1.807) is 24.3 Å². The summed E-state index contributed by atoms with van der Waals surface area (Å²) in [5.41, 5.74) is 1.19. The van der Waals surface area contributed by atoms with Gasteiger partial charge in [-0.05, 0) is 74.4 Å². The van der Waals surface area contributed by atoms with E-state index in [4.69, 9.17) is 14.2 Å². The van der Waals surface area contributed by atoms with E-state index in [2.05, 4.69) is 15.3 Å². The molecule has 1 saturated heterocycles. The number of benzene rings is 3. The Hall–Kier alpha value is -4.59. The standard InChI is InChI=1S/C30H30N4O4/c1-20(21-10-16-25(17-11-21)37-24-8-6-5-7-9-24)32-28-31-19-18-26(33-28)34-27(30(2,3)38-29(34)35)22-12-14-23(36-4)15-13-22/h5-20,27H,1-4H3,(H,31,32,33)/t20-,27+/m0/s1. The molecule has 5 rings (SSSR count). The first-order valence-electron chi connectivity index (χ1n) is 12.4. The molecule has 38 heavy (non-hydrogen) atoms. The van der Waals surface area contributed by atoms with Crippen molar-refractivity contribution >= 4 is 17.9 Å². The van der Waals surface area contributed by atoms with Crippen LogP contribution in [0.15, 0.2) is 91.1 Å². The first-order valence-corrected chi connectivity index (χ1v) is 12.4. The molecule has 1 fully saturated rings. The summed E-state index contributed by atoms with van der Waals surface area (Å²) >= 11 is 0. The van der Waals surface area contributed by atoms with Crippen LogP contribution in [0.4, 0.5) is 16.6 Å². The summed E-state index contributed by atoms with van der Waals surface area (Å²) in [6.45, 7) is 5.82.